The summed E-state index contributed by atoms with van der Waals surface area (Å²) in [5.41, 5.74) is 4.48. The van der Waals surface area contributed by atoms with Crippen LogP contribution in [0, 0.1) is 0 Å². The maximum atomic E-state index is 11.6. The summed E-state index contributed by atoms with van der Waals surface area (Å²) < 4.78 is 0. The topological polar surface area (TPSA) is 54.4 Å². The van der Waals surface area contributed by atoms with Gasteiger partial charge in [-0.25, -0.2) is 5.43 Å². The predicted octanol–water partition coefficient (Wildman–Crippen LogP) is 3.12. The number of carbonyl (C=O) groups is 1. The molecule has 1 aromatic heterocycles. The van der Waals surface area contributed by atoms with Gasteiger partial charge in [0.2, 0.25) is 5.91 Å². The van der Waals surface area contributed by atoms with E-state index < -0.39 is 0 Å². The van der Waals surface area contributed by atoms with E-state index in [1.807, 2.05) is 36.4 Å². The number of thioether (sulfide) groups is 1. The number of rotatable bonds is 6. The average molecular weight is 320 g/mol. The Balaban J connectivity index is 1.69. The average Bonchev–Trinajstić information content (AvgIpc) is 2.48. The number of carbonyl (C=O) groups excluding carboxylic acids is 1. The van der Waals surface area contributed by atoms with Crippen LogP contribution in [0.15, 0.2) is 53.9 Å². The fraction of sp³-hybridized carbons (Fsp3) is 0.133. The first kappa shape index (κ1) is 15.5. The number of pyridine rings is 1. The minimum Gasteiger partial charge on any atom is -0.272 e. The first-order chi connectivity index (χ1) is 10.2. The van der Waals surface area contributed by atoms with Crippen LogP contribution in [-0.2, 0) is 10.5 Å². The maximum absolute atomic E-state index is 11.6. The summed E-state index contributed by atoms with van der Waals surface area (Å²) in [4.78, 5) is 15.5. The van der Waals surface area contributed by atoms with E-state index in [0.29, 0.717) is 10.8 Å². The summed E-state index contributed by atoms with van der Waals surface area (Å²) >= 11 is 7.42. The van der Waals surface area contributed by atoms with Gasteiger partial charge in [0.25, 0.3) is 0 Å². The second-order valence-electron chi connectivity index (χ2n) is 4.20. The van der Waals surface area contributed by atoms with Gasteiger partial charge in [-0.15, -0.1) is 11.8 Å². The summed E-state index contributed by atoms with van der Waals surface area (Å²) in [7, 11) is 0. The van der Waals surface area contributed by atoms with Gasteiger partial charge < -0.3 is 0 Å². The molecule has 0 aliphatic carbocycles. The molecule has 2 aromatic rings. The van der Waals surface area contributed by atoms with E-state index in [1.54, 1.807) is 18.6 Å². The molecule has 0 fully saturated rings. The lowest BCUT2D eigenvalue weighted by Gasteiger charge is -2.02. The number of benzene rings is 1. The number of hydrogen-bond acceptors (Lipinski definition) is 4. The van der Waals surface area contributed by atoms with Crippen LogP contribution >= 0.6 is 23.4 Å². The Labute approximate surface area is 132 Å². The Morgan fingerprint density at radius 3 is 2.90 bits per heavy atom. The summed E-state index contributed by atoms with van der Waals surface area (Å²) in [6, 6.07) is 11.2. The molecule has 1 heterocycles. The molecule has 6 heteroatoms. The van der Waals surface area contributed by atoms with Crippen LogP contribution in [-0.4, -0.2) is 22.9 Å². The van der Waals surface area contributed by atoms with Gasteiger partial charge >= 0.3 is 0 Å². The number of hydrogen-bond donors (Lipinski definition) is 1. The predicted molar refractivity (Wildman–Crippen MR) is 87.6 cm³/mol. The van der Waals surface area contributed by atoms with Crippen molar-refractivity contribution in [2.45, 2.75) is 5.75 Å². The molecule has 21 heavy (non-hydrogen) atoms. The van der Waals surface area contributed by atoms with Crippen molar-refractivity contribution < 1.29 is 4.79 Å². The van der Waals surface area contributed by atoms with Gasteiger partial charge in [-0.1, -0.05) is 23.7 Å². The number of aromatic nitrogens is 1. The van der Waals surface area contributed by atoms with E-state index in [1.165, 1.54) is 11.8 Å². The standard InChI is InChI=1S/C15H14ClN3OS/c16-14-3-1-2-13(8-14)10-21-11-15(20)19-18-9-12-4-6-17-7-5-12/h1-9H,10-11H2,(H,19,20)/b18-9-. The lowest BCUT2D eigenvalue weighted by Crippen LogP contribution is -2.19. The molecule has 0 radical (unpaired) electrons. The van der Waals surface area contributed by atoms with Gasteiger partial charge in [0, 0.05) is 23.2 Å². The van der Waals surface area contributed by atoms with E-state index in [4.69, 9.17) is 11.6 Å². The molecule has 108 valence electrons. The highest BCUT2D eigenvalue weighted by molar-refractivity contribution is 7.99. The minimum absolute atomic E-state index is 0.132. The third-order valence-corrected chi connectivity index (χ3v) is 3.74. The molecule has 0 spiro atoms. The van der Waals surface area contributed by atoms with E-state index >= 15 is 0 Å². The molecule has 1 N–H and O–H groups in total. The van der Waals surface area contributed by atoms with Crippen molar-refractivity contribution in [3.63, 3.8) is 0 Å². The summed E-state index contributed by atoms with van der Waals surface area (Å²) in [5.74, 6) is 0.953. The molecule has 0 aliphatic heterocycles. The normalized spacial score (nSPS) is 10.7. The lowest BCUT2D eigenvalue weighted by molar-refractivity contribution is -0.118. The quantitative estimate of drug-likeness (QED) is 0.657. The molecule has 0 saturated carbocycles. The van der Waals surface area contributed by atoms with Crippen molar-refractivity contribution in [1.82, 2.24) is 10.4 Å². The Kier molecular flexibility index (Phi) is 6.24. The molecule has 2 rings (SSSR count). The van der Waals surface area contributed by atoms with Crippen LogP contribution in [0.25, 0.3) is 0 Å². The third-order valence-electron chi connectivity index (χ3n) is 2.50. The summed E-state index contributed by atoms with van der Waals surface area (Å²) in [6.07, 6.45) is 4.93. The van der Waals surface area contributed by atoms with Gasteiger partial charge in [0.05, 0.1) is 12.0 Å². The fourth-order valence-corrected chi connectivity index (χ4v) is 2.53. The lowest BCUT2D eigenvalue weighted by atomic mass is 10.2. The second-order valence-corrected chi connectivity index (χ2v) is 5.62. The molecule has 0 bridgehead atoms. The monoisotopic (exact) mass is 319 g/mol. The molecule has 0 unspecified atom stereocenters. The second kappa shape index (κ2) is 8.44. The minimum atomic E-state index is -0.132. The van der Waals surface area contributed by atoms with Crippen LogP contribution < -0.4 is 5.43 Å². The first-order valence-corrected chi connectivity index (χ1v) is 7.81. The Hall–Kier alpha value is -1.85. The molecule has 0 saturated heterocycles. The van der Waals surface area contributed by atoms with Crippen molar-refractivity contribution in [3.8, 4) is 0 Å². The van der Waals surface area contributed by atoms with Crippen molar-refractivity contribution >= 4 is 35.5 Å². The molecular weight excluding hydrogens is 306 g/mol. The number of amides is 1. The molecule has 0 aliphatic rings. The highest BCUT2D eigenvalue weighted by Crippen LogP contribution is 2.16. The number of halogens is 1. The van der Waals surface area contributed by atoms with Gasteiger partial charge in [-0.2, -0.15) is 5.10 Å². The zero-order valence-corrected chi connectivity index (χ0v) is 12.8. The van der Waals surface area contributed by atoms with Crippen LogP contribution in [0.1, 0.15) is 11.1 Å². The van der Waals surface area contributed by atoms with Crippen LogP contribution in [0.3, 0.4) is 0 Å². The number of hydrazone groups is 1. The van der Waals surface area contributed by atoms with Gasteiger partial charge in [0.15, 0.2) is 0 Å². The van der Waals surface area contributed by atoms with E-state index in [0.717, 1.165) is 16.9 Å². The van der Waals surface area contributed by atoms with E-state index in [9.17, 15) is 4.79 Å². The Morgan fingerprint density at radius 2 is 2.14 bits per heavy atom. The summed E-state index contributed by atoms with van der Waals surface area (Å²) in [6.45, 7) is 0. The molecule has 4 nitrogen and oxygen atoms in total. The number of nitrogens with zero attached hydrogens (tertiary/aromatic N) is 2. The number of nitrogens with one attached hydrogen (secondary N) is 1. The Bertz CT molecular complexity index is 619. The van der Waals surface area contributed by atoms with E-state index in [-0.39, 0.29) is 5.91 Å². The smallest absolute Gasteiger partial charge is 0.250 e. The van der Waals surface area contributed by atoms with Gasteiger partial charge in [0.1, 0.15) is 0 Å². The maximum Gasteiger partial charge on any atom is 0.250 e. The molecule has 0 atom stereocenters. The highest BCUT2D eigenvalue weighted by atomic mass is 35.5. The summed E-state index contributed by atoms with van der Waals surface area (Å²) in [5, 5.41) is 4.60. The van der Waals surface area contributed by atoms with Crippen LogP contribution in [0.4, 0.5) is 0 Å². The zero-order valence-electron chi connectivity index (χ0n) is 11.2. The van der Waals surface area contributed by atoms with Crippen molar-refractivity contribution in [1.29, 1.82) is 0 Å². The largest absolute Gasteiger partial charge is 0.272 e. The van der Waals surface area contributed by atoms with Gasteiger partial charge in [-0.3, -0.25) is 9.78 Å². The fourth-order valence-electron chi connectivity index (χ4n) is 1.55. The highest BCUT2D eigenvalue weighted by Gasteiger charge is 2.01. The van der Waals surface area contributed by atoms with Crippen molar-refractivity contribution in [2.75, 3.05) is 5.75 Å². The molecule has 1 amide bonds. The van der Waals surface area contributed by atoms with E-state index in [2.05, 4.69) is 15.5 Å². The van der Waals surface area contributed by atoms with Crippen molar-refractivity contribution in [3.05, 3.63) is 64.9 Å². The van der Waals surface area contributed by atoms with Crippen LogP contribution in [0.5, 0.6) is 0 Å². The molecular formula is C15H14ClN3OS. The SMILES string of the molecule is O=C(CSCc1cccc(Cl)c1)N/N=C\c1ccncc1. The third kappa shape index (κ3) is 5.97. The van der Waals surface area contributed by atoms with Crippen molar-refractivity contribution in [2.24, 2.45) is 5.10 Å². The van der Waals surface area contributed by atoms with Crippen LogP contribution in [0.2, 0.25) is 5.02 Å². The first-order valence-electron chi connectivity index (χ1n) is 6.28. The molecule has 1 aromatic carbocycles. The Morgan fingerprint density at radius 1 is 1.33 bits per heavy atom. The van der Waals surface area contributed by atoms with Gasteiger partial charge in [-0.05, 0) is 35.4 Å². The zero-order chi connectivity index (χ0) is 14.9.